The molecule has 1 unspecified atom stereocenters. The van der Waals surface area contributed by atoms with Crippen LogP contribution in [0.2, 0.25) is 0 Å². The van der Waals surface area contributed by atoms with Gasteiger partial charge in [-0.25, -0.2) is 4.79 Å². The van der Waals surface area contributed by atoms with E-state index in [1.807, 2.05) is 48.7 Å². The van der Waals surface area contributed by atoms with E-state index in [1.165, 1.54) is 35.2 Å². The molecule has 0 bridgehead atoms. The van der Waals surface area contributed by atoms with E-state index in [9.17, 15) is 24.8 Å². The molecule has 190 valence electrons. The van der Waals surface area contributed by atoms with Crippen LogP contribution >= 0.6 is 23.1 Å². The fourth-order valence-electron chi connectivity index (χ4n) is 3.78. The number of carbonyl (C=O) groups is 3. The summed E-state index contributed by atoms with van der Waals surface area (Å²) in [6, 6.07) is 24.8. The van der Waals surface area contributed by atoms with Crippen molar-refractivity contribution < 1.29 is 19.5 Å². The molecular formula is C29H23N3O4S2. The number of hydrogen-bond acceptors (Lipinski definition) is 6. The fourth-order valence-corrected chi connectivity index (χ4v) is 5.72. The molecule has 0 aliphatic rings. The summed E-state index contributed by atoms with van der Waals surface area (Å²) in [5, 5.41) is 26.7. The number of aromatic carboxylic acids is 1. The molecule has 0 aliphatic heterocycles. The number of nitriles is 1. The first-order valence-corrected chi connectivity index (χ1v) is 13.5. The lowest BCUT2D eigenvalue weighted by molar-refractivity contribution is -0.115. The first-order chi connectivity index (χ1) is 18.4. The maximum atomic E-state index is 13.2. The molecule has 7 nitrogen and oxygen atoms in total. The molecule has 0 fully saturated rings. The zero-order valence-electron chi connectivity index (χ0n) is 20.3. The van der Waals surface area contributed by atoms with Gasteiger partial charge in [0.1, 0.15) is 11.1 Å². The third kappa shape index (κ3) is 6.11. The van der Waals surface area contributed by atoms with Gasteiger partial charge in [0.2, 0.25) is 5.91 Å². The molecule has 0 saturated carbocycles. The normalized spacial score (nSPS) is 11.3. The smallest absolute Gasteiger partial charge is 0.336 e. The van der Waals surface area contributed by atoms with E-state index in [4.69, 9.17) is 0 Å². The van der Waals surface area contributed by atoms with Gasteiger partial charge in [0.25, 0.3) is 5.91 Å². The minimum absolute atomic E-state index is 0.0583. The number of rotatable bonds is 9. The number of carboxylic acids is 1. The molecule has 38 heavy (non-hydrogen) atoms. The summed E-state index contributed by atoms with van der Waals surface area (Å²) < 4.78 is 0. The zero-order valence-corrected chi connectivity index (χ0v) is 21.9. The Labute approximate surface area is 228 Å². The Balaban J connectivity index is 1.47. The quantitative estimate of drug-likeness (QED) is 0.202. The number of nitrogens with one attached hydrogen (secondary N) is 2. The summed E-state index contributed by atoms with van der Waals surface area (Å²) >= 11 is 2.66. The summed E-state index contributed by atoms with van der Waals surface area (Å²) in [5.74, 6) is -1.94. The number of amides is 2. The summed E-state index contributed by atoms with van der Waals surface area (Å²) in [5.41, 5.74) is 2.57. The van der Waals surface area contributed by atoms with E-state index >= 15 is 0 Å². The van der Waals surface area contributed by atoms with Crippen molar-refractivity contribution in [3.05, 3.63) is 101 Å². The maximum Gasteiger partial charge on any atom is 0.336 e. The van der Waals surface area contributed by atoms with Gasteiger partial charge in [-0.3, -0.25) is 9.59 Å². The van der Waals surface area contributed by atoms with Gasteiger partial charge in [-0.05, 0) is 42.3 Å². The van der Waals surface area contributed by atoms with Gasteiger partial charge in [-0.2, -0.15) is 5.26 Å². The van der Waals surface area contributed by atoms with Crippen LogP contribution in [0.3, 0.4) is 0 Å². The zero-order chi connectivity index (χ0) is 27.1. The van der Waals surface area contributed by atoms with Crippen molar-refractivity contribution in [2.24, 2.45) is 0 Å². The highest BCUT2D eigenvalue weighted by molar-refractivity contribution is 8.00. The van der Waals surface area contributed by atoms with Crippen molar-refractivity contribution in [2.75, 3.05) is 10.6 Å². The summed E-state index contributed by atoms with van der Waals surface area (Å²) in [7, 11) is 0. The monoisotopic (exact) mass is 541 g/mol. The van der Waals surface area contributed by atoms with Crippen molar-refractivity contribution in [2.45, 2.75) is 23.5 Å². The minimum Gasteiger partial charge on any atom is -0.478 e. The van der Waals surface area contributed by atoms with E-state index < -0.39 is 17.1 Å². The Morgan fingerprint density at radius 2 is 1.68 bits per heavy atom. The van der Waals surface area contributed by atoms with Crippen LogP contribution in [0.15, 0.2) is 89.1 Å². The SMILES string of the molecule is CCC(Sc1cccc(NC(=O)c2ccccc2C(=O)O)c1)C(=O)Nc1scc(-c2ccccc2)c1C#N. The lowest BCUT2D eigenvalue weighted by Gasteiger charge is -2.15. The van der Waals surface area contributed by atoms with Crippen LogP contribution in [-0.2, 0) is 4.79 Å². The van der Waals surface area contributed by atoms with Crippen LogP contribution in [0.4, 0.5) is 10.7 Å². The molecular weight excluding hydrogens is 518 g/mol. The lowest BCUT2D eigenvalue weighted by atomic mass is 10.1. The molecule has 0 radical (unpaired) electrons. The van der Waals surface area contributed by atoms with Gasteiger partial charge in [0.05, 0.1) is 21.9 Å². The van der Waals surface area contributed by atoms with Crippen LogP contribution in [0.25, 0.3) is 11.1 Å². The average Bonchev–Trinajstić information content (AvgIpc) is 3.34. The summed E-state index contributed by atoms with van der Waals surface area (Å²) in [6.45, 7) is 1.90. The topological polar surface area (TPSA) is 119 Å². The van der Waals surface area contributed by atoms with E-state index in [1.54, 1.807) is 30.3 Å². The summed E-state index contributed by atoms with van der Waals surface area (Å²) in [4.78, 5) is 38.1. The van der Waals surface area contributed by atoms with E-state index in [-0.39, 0.29) is 17.0 Å². The molecule has 0 aliphatic carbocycles. The van der Waals surface area contributed by atoms with Crippen LogP contribution in [0, 0.1) is 11.3 Å². The number of thiophene rings is 1. The van der Waals surface area contributed by atoms with Crippen molar-refractivity contribution in [3.63, 3.8) is 0 Å². The summed E-state index contributed by atoms with van der Waals surface area (Å²) in [6.07, 6.45) is 0.540. The van der Waals surface area contributed by atoms with Gasteiger partial charge < -0.3 is 15.7 Å². The van der Waals surface area contributed by atoms with Gasteiger partial charge in [0.15, 0.2) is 0 Å². The first-order valence-electron chi connectivity index (χ1n) is 11.7. The van der Waals surface area contributed by atoms with Gasteiger partial charge in [-0.15, -0.1) is 23.1 Å². The Bertz CT molecular complexity index is 1530. The van der Waals surface area contributed by atoms with Gasteiger partial charge >= 0.3 is 5.97 Å². The second kappa shape index (κ2) is 12.2. The number of carbonyl (C=O) groups excluding carboxylic acids is 2. The molecule has 0 saturated heterocycles. The fraction of sp³-hybridized carbons (Fsp3) is 0.103. The van der Waals surface area contributed by atoms with Crippen LogP contribution < -0.4 is 10.6 Å². The van der Waals surface area contributed by atoms with Crippen molar-refractivity contribution in [1.29, 1.82) is 5.26 Å². The van der Waals surface area contributed by atoms with Crippen LogP contribution in [0.5, 0.6) is 0 Å². The van der Waals surface area contributed by atoms with Gasteiger partial charge in [0, 0.05) is 21.5 Å². The highest BCUT2D eigenvalue weighted by Crippen LogP contribution is 2.36. The molecule has 0 spiro atoms. The van der Waals surface area contributed by atoms with Crippen molar-refractivity contribution >= 4 is 51.6 Å². The molecule has 2 amide bonds. The largest absolute Gasteiger partial charge is 0.478 e. The minimum atomic E-state index is -1.18. The third-order valence-corrected chi connectivity index (χ3v) is 7.91. The number of carboxylic acid groups (broad SMARTS) is 1. The van der Waals surface area contributed by atoms with Crippen molar-refractivity contribution in [3.8, 4) is 17.2 Å². The van der Waals surface area contributed by atoms with E-state index in [2.05, 4.69) is 16.7 Å². The van der Waals surface area contributed by atoms with Crippen LogP contribution in [0.1, 0.15) is 39.6 Å². The highest BCUT2D eigenvalue weighted by atomic mass is 32.2. The number of thioether (sulfide) groups is 1. The van der Waals surface area contributed by atoms with E-state index in [0.29, 0.717) is 22.7 Å². The molecule has 1 heterocycles. The standard InChI is InChI=1S/C29H23N3O4S2/c1-2-25(27(34)32-28-23(16-30)24(17-37-28)18-9-4-3-5-10-18)38-20-12-8-11-19(15-20)31-26(33)21-13-6-7-14-22(21)29(35)36/h3-15,17,25H,2H2,1H3,(H,31,33)(H,32,34)(H,35,36). The predicted molar refractivity (Wildman–Crippen MR) is 151 cm³/mol. The molecule has 1 aromatic heterocycles. The van der Waals surface area contributed by atoms with Crippen LogP contribution in [-0.4, -0.2) is 28.1 Å². The third-order valence-electron chi connectivity index (χ3n) is 5.66. The van der Waals surface area contributed by atoms with E-state index in [0.717, 1.165) is 16.0 Å². The van der Waals surface area contributed by atoms with Gasteiger partial charge in [-0.1, -0.05) is 55.5 Å². The Morgan fingerprint density at radius 1 is 0.974 bits per heavy atom. The molecule has 4 rings (SSSR count). The predicted octanol–water partition coefficient (Wildman–Crippen LogP) is 6.75. The molecule has 4 aromatic rings. The molecule has 1 atom stereocenters. The Morgan fingerprint density at radius 3 is 2.37 bits per heavy atom. The second-order valence-electron chi connectivity index (χ2n) is 8.17. The average molecular weight is 542 g/mol. The Hall–Kier alpha value is -4.39. The number of hydrogen-bond donors (Lipinski definition) is 3. The molecule has 9 heteroatoms. The molecule has 3 N–H and O–H groups in total. The number of benzene rings is 3. The second-order valence-corrected chi connectivity index (χ2v) is 10.3. The number of anilines is 2. The first kappa shape index (κ1) is 26.7. The number of nitrogens with zero attached hydrogens (tertiary/aromatic N) is 1. The maximum absolute atomic E-state index is 13.2. The Kier molecular flexibility index (Phi) is 8.58. The highest BCUT2D eigenvalue weighted by Gasteiger charge is 2.22. The lowest BCUT2D eigenvalue weighted by Crippen LogP contribution is -2.24. The molecule has 3 aromatic carbocycles. The van der Waals surface area contributed by atoms with Crippen molar-refractivity contribution in [1.82, 2.24) is 0 Å².